The molecule has 6 nitrogen and oxygen atoms in total. The molecule has 3 amide bonds. The van der Waals surface area contributed by atoms with Gasteiger partial charge in [0.15, 0.2) is 0 Å². The molecule has 0 saturated carbocycles. The Bertz CT molecular complexity index is 1110. The lowest BCUT2D eigenvalue weighted by atomic mass is 10.1. The molecule has 0 radical (unpaired) electrons. The highest BCUT2D eigenvalue weighted by Gasteiger charge is 2.37. The van der Waals surface area contributed by atoms with E-state index >= 15 is 0 Å². The lowest BCUT2D eigenvalue weighted by Crippen LogP contribution is -2.44. The minimum Gasteiger partial charge on any atom is -0.495 e. The van der Waals surface area contributed by atoms with E-state index in [0.717, 1.165) is 4.90 Å². The van der Waals surface area contributed by atoms with Gasteiger partial charge >= 0.3 is 0 Å². The zero-order chi connectivity index (χ0) is 21.3. The average Bonchev–Trinajstić information content (AvgIpc) is 3.02. The molecule has 0 atom stereocenters. The molecule has 0 N–H and O–H groups in total. The number of rotatable bonds is 5. The summed E-state index contributed by atoms with van der Waals surface area (Å²) in [5, 5.41) is 0.496. The number of halogens is 1. The standard InChI is InChI=1S/C23H17ClN2O4/c1-30-20-9-5-4-8-19(20)25(21(27)15-10-12-16(24)13-11-15)14-26-22(28)17-6-2-3-7-18(17)23(26)29/h2-13H,14H2,1H3. The fraction of sp³-hybridized carbons (Fsp3) is 0.0870. The van der Waals surface area contributed by atoms with Gasteiger partial charge < -0.3 is 4.74 Å². The summed E-state index contributed by atoms with van der Waals surface area (Å²) in [4.78, 5) is 41.5. The maximum absolute atomic E-state index is 13.4. The zero-order valence-corrected chi connectivity index (χ0v) is 16.8. The van der Waals surface area contributed by atoms with Crippen molar-refractivity contribution in [2.75, 3.05) is 18.7 Å². The Morgan fingerprint density at radius 3 is 2.07 bits per heavy atom. The van der Waals surface area contributed by atoms with Crippen LogP contribution in [0.15, 0.2) is 72.8 Å². The Morgan fingerprint density at radius 2 is 1.47 bits per heavy atom. The first kappa shape index (κ1) is 19.7. The molecule has 150 valence electrons. The van der Waals surface area contributed by atoms with Crippen LogP contribution in [0, 0.1) is 0 Å². The Hall–Kier alpha value is -3.64. The minimum absolute atomic E-state index is 0.256. The predicted molar refractivity (Wildman–Crippen MR) is 113 cm³/mol. The van der Waals surface area contributed by atoms with E-state index in [1.807, 2.05) is 0 Å². The van der Waals surface area contributed by atoms with Crippen molar-refractivity contribution in [3.05, 3.63) is 94.5 Å². The molecule has 0 fully saturated rings. The van der Waals surface area contributed by atoms with Crippen LogP contribution in [-0.4, -0.2) is 36.4 Å². The summed E-state index contributed by atoms with van der Waals surface area (Å²) in [7, 11) is 1.49. The Morgan fingerprint density at radius 1 is 0.900 bits per heavy atom. The summed E-state index contributed by atoms with van der Waals surface area (Å²) in [5.74, 6) is -0.844. The van der Waals surface area contributed by atoms with Crippen molar-refractivity contribution in [1.82, 2.24) is 4.90 Å². The molecule has 30 heavy (non-hydrogen) atoms. The molecule has 3 aromatic rings. The van der Waals surface area contributed by atoms with Crippen LogP contribution in [0.2, 0.25) is 5.02 Å². The number of nitrogens with zero attached hydrogens (tertiary/aromatic N) is 2. The maximum atomic E-state index is 13.4. The van der Waals surface area contributed by atoms with Crippen LogP contribution in [0.25, 0.3) is 0 Å². The van der Waals surface area contributed by atoms with Crippen LogP contribution in [-0.2, 0) is 0 Å². The van der Waals surface area contributed by atoms with Crippen LogP contribution in [0.1, 0.15) is 31.1 Å². The van der Waals surface area contributed by atoms with Gasteiger partial charge in [0.1, 0.15) is 12.4 Å². The summed E-state index contributed by atoms with van der Waals surface area (Å²) in [6.07, 6.45) is 0. The number of carbonyl (C=O) groups excluding carboxylic acids is 3. The molecule has 0 aromatic heterocycles. The van der Waals surface area contributed by atoms with E-state index < -0.39 is 17.7 Å². The van der Waals surface area contributed by atoms with Crippen LogP contribution >= 0.6 is 11.6 Å². The summed E-state index contributed by atoms with van der Waals surface area (Å²) < 4.78 is 5.41. The largest absolute Gasteiger partial charge is 0.495 e. The molecule has 0 bridgehead atoms. The second kappa shape index (κ2) is 8.00. The van der Waals surface area contributed by atoms with Gasteiger partial charge in [-0.1, -0.05) is 35.9 Å². The van der Waals surface area contributed by atoms with Gasteiger partial charge in [-0.2, -0.15) is 0 Å². The lowest BCUT2D eigenvalue weighted by Gasteiger charge is -2.28. The number of fused-ring (bicyclic) bond motifs is 1. The molecule has 0 unspecified atom stereocenters. The van der Waals surface area contributed by atoms with Gasteiger partial charge in [0.05, 0.1) is 23.9 Å². The monoisotopic (exact) mass is 420 g/mol. The molecule has 3 aromatic carbocycles. The predicted octanol–water partition coefficient (Wildman–Crippen LogP) is 4.25. The smallest absolute Gasteiger partial charge is 0.263 e. The topological polar surface area (TPSA) is 66.9 Å². The maximum Gasteiger partial charge on any atom is 0.263 e. The summed E-state index contributed by atoms with van der Waals surface area (Å²) in [6.45, 7) is -0.256. The molecule has 1 heterocycles. The second-order valence-electron chi connectivity index (χ2n) is 6.64. The number of anilines is 1. The fourth-order valence-corrected chi connectivity index (χ4v) is 3.49. The van der Waals surface area contributed by atoms with Gasteiger partial charge in [0.25, 0.3) is 17.7 Å². The Kier molecular flexibility index (Phi) is 5.25. The molecule has 7 heteroatoms. The lowest BCUT2D eigenvalue weighted by molar-refractivity contribution is 0.0650. The number of carbonyl (C=O) groups is 3. The van der Waals surface area contributed by atoms with Crippen molar-refractivity contribution >= 4 is 35.0 Å². The summed E-state index contributed by atoms with van der Waals surface area (Å²) in [6, 6.07) is 19.9. The second-order valence-corrected chi connectivity index (χ2v) is 7.07. The third-order valence-electron chi connectivity index (χ3n) is 4.87. The van der Waals surface area contributed by atoms with E-state index in [9.17, 15) is 14.4 Å². The number of methoxy groups -OCH3 is 1. The number of para-hydroxylation sites is 2. The number of benzene rings is 3. The van der Waals surface area contributed by atoms with Crippen LogP contribution in [0.4, 0.5) is 5.69 Å². The highest BCUT2D eigenvalue weighted by atomic mass is 35.5. The highest BCUT2D eigenvalue weighted by Crippen LogP contribution is 2.31. The summed E-state index contributed by atoms with van der Waals surface area (Å²) in [5.41, 5.74) is 1.45. The first-order chi connectivity index (χ1) is 14.5. The van der Waals surface area contributed by atoms with Crippen molar-refractivity contribution < 1.29 is 19.1 Å². The average molecular weight is 421 g/mol. The van der Waals surface area contributed by atoms with Crippen molar-refractivity contribution in [3.63, 3.8) is 0 Å². The van der Waals surface area contributed by atoms with Crippen molar-refractivity contribution in [3.8, 4) is 5.75 Å². The zero-order valence-electron chi connectivity index (χ0n) is 16.0. The van der Waals surface area contributed by atoms with E-state index in [4.69, 9.17) is 16.3 Å². The number of amides is 3. The highest BCUT2D eigenvalue weighted by molar-refractivity contribution is 6.30. The van der Waals surface area contributed by atoms with E-state index in [1.165, 1.54) is 12.0 Å². The molecular weight excluding hydrogens is 404 g/mol. The van der Waals surface area contributed by atoms with Gasteiger partial charge in [0.2, 0.25) is 0 Å². The first-order valence-corrected chi connectivity index (χ1v) is 9.54. The fourth-order valence-electron chi connectivity index (χ4n) is 3.36. The van der Waals surface area contributed by atoms with Gasteiger partial charge in [-0.15, -0.1) is 0 Å². The molecule has 4 rings (SSSR count). The first-order valence-electron chi connectivity index (χ1n) is 9.17. The molecule has 0 aliphatic carbocycles. The van der Waals surface area contributed by atoms with E-state index in [-0.39, 0.29) is 6.67 Å². The number of hydrogen-bond acceptors (Lipinski definition) is 4. The van der Waals surface area contributed by atoms with E-state index in [2.05, 4.69) is 0 Å². The van der Waals surface area contributed by atoms with Crippen molar-refractivity contribution in [2.24, 2.45) is 0 Å². The molecule has 0 spiro atoms. The molecular formula is C23H17ClN2O4. The molecule has 1 aliphatic heterocycles. The number of imide groups is 1. The summed E-state index contributed by atoms with van der Waals surface area (Å²) >= 11 is 5.95. The quantitative estimate of drug-likeness (QED) is 0.579. The van der Waals surface area contributed by atoms with E-state index in [1.54, 1.807) is 72.8 Å². The number of hydrogen-bond donors (Lipinski definition) is 0. The van der Waals surface area contributed by atoms with Crippen molar-refractivity contribution in [1.29, 1.82) is 0 Å². The van der Waals surface area contributed by atoms with Gasteiger partial charge in [0, 0.05) is 10.6 Å². The minimum atomic E-state index is -0.445. The third kappa shape index (κ3) is 3.42. The van der Waals surface area contributed by atoms with Crippen LogP contribution < -0.4 is 9.64 Å². The number of ether oxygens (including phenoxy) is 1. The van der Waals surface area contributed by atoms with Crippen LogP contribution in [0.5, 0.6) is 5.75 Å². The van der Waals surface area contributed by atoms with Gasteiger partial charge in [-0.05, 0) is 48.5 Å². The third-order valence-corrected chi connectivity index (χ3v) is 5.13. The van der Waals surface area contributed by atoms with E-state index in [0.29, 0.717) is 33.1 Å². The normalized spacial score (nSPS) is 12.7. The molecule has 1 aliphatic rings. The Labute approximate surface area is 178 Å². The van der Waals surface area contributed by atoms with Crippen molar-refractivity contribution in [2.45, 2.75) is 0 Å². The van der Waals surface area contributed by atoms with Gasteiger partial charge in [-0.25, -0.2) is 0 Å². The van der Waals surface area contributed by atoms with Gasteiger partial charge in [-0.3, -0.25) is 24.2 Å². The van der Waals surface area contributed by atoms with Crippen LogP contribution in [0.3, 0.4) is 0 Å². The molecule has 0 saturated heterocycles. The Balaban J connectivity index is 1.75. The SMILES string of the molecule is COc1ccccc1N(CN1C(=O)c2ccccc2C1=O)C(=O)c1ccc(Cl)cc1.